The average Bonchev–Trinajstić information content (AvgIpc) is 2.64. The fourth-order valence-corrected chi connectivity index (χ4v) is 2.27. The molecule has 0 bridgehead atoms. The summed E-state index contributed by atoms with van der Waals surface area (Å²) in [7, 11) is 7.17. The van der Waals surface area contributed by atoms with Crippen molar-refractivity contribution in [1.82, 2.24) is 15.5 Å². The maximum absolute atomic E-state index is 12.1. The predicted octanol–water partition coefficient (Wildman–Crippen LogP) is 1.31. The van der Waals surface area contributed by atoms with Gasteiger partial charge in [0.25, 0.3) is 5.91 Å². The Kier molecular flexibility index (Phi) is 9.65. The van der Waals surface area contributed by atoms with E-state index in [1.54, 1.807) is 14.2 Å². The molecule has 26 heavy (non-hydrogen) atoms. The van der Waals surface area contributed by atoms with Crippen LogP contribution in [0.15, 0.2) is 30.0 Å². The number of benzene rings is 1. The summed E-state index contributed by atoms with van der Waals surface area (Å²) in [6, 6.07) is 7.54. The van der Waals surface area contributed by atoms with E-state index in [1.807, 2.05) is 38.4 Å². The van der Waals surface area contributed by atoms with Gasteiger partial charge in [0, 0.05) is 19.3 Å². The lowest BCUT2D eigenvalue weighted by Crippen LogP contribution is -2.28. The van der Waals surface area contributed by atoms with Crippen LogP contribution in [0.3, 0.4) is 0 Å². The Labute approximate surface area is 155 Å². The predicted molar refractivity (Wildman–Crippen MR) is 101 cm³/mol. The molecule has 0 radical (unpaired) electrons. The smallest absolute Gasteiger partial charge is 0.263 e. The molecule has 7 heteroatoms. The molecule has 7 nitrogen and oxygen atoms in total. The van der Waals surface area contributed by atoms with Gasteiger partial charge in [0.1, 0.15) is 11.6 Å². The highest BCUT2D eigenvalue weighted by molar-refractivity contribution is 5.97. The van der Waals surface area contributed by atoms with E-state index < -0.39 is 0 Å². The molecule has 0 unspecified atom stereocenters. The van der Waals surface area contributed by atoms with E-state index in [2.05, 4.69) is 15.5 Å². The van der Waals surface area contributed by atoms with Crippen LogP contribution in [0.4, 0.5) is 0 Å². The number of carbonyl (C=O) groups is 1. The van der Waals surface area contributed by atoms with Crippen LogP contribution in [0.2, 0.25) is 0 Å². The van der Waals surface area contributed by atoms with Crippen LogP contribution in [-0.4, -0.2) is 58.8 Å². The molecule has 0 spiro atoms. The molecule has 2 N–H and O–H groups in total. The lowest BCUT2D eigenvalue weighted by molar-refractivity contribution is -0.117. The van der Waals surface area contributed by atoms with Gasteiger partial charge in [-0.05, 0) is 51.2 Å². The monoisotopic (exact) mass is 360 g/mol. The lowest BCUT2D eigenvalue weighted by atomic mass is 10.1. The Bertz CT molecular complexity index is 651. The van der Waals surface area contributed by atoms with Crippen molar-refractivity contribution in [3.05, 3.63) is 35.5 Å². The van der Waals surface area contributed by atoms with Gasteiger partial charge in [-0.1, -0.05) is 6.07 Å². The molecule has 0 saturated heterocycles. The zero-order valence-corrected chi connectivity index (χ0v) is 16.0. The van der Waals surface area contributed by atoms with Crippen molar-refractivity contribution in [2.75, 3.05) is 47.9 Å². The molecular weight excluding hydrogens is 332 g/mol. The number of nitriles is 1. The standard InChI is InChI=1S/C19H28N4O3/c1-23(2)11-5-9-21-14-16(13-20)19(24)22-10-8-15-6-7-17(25-3)18(12-15)26-4/h6-7,12,14,21H,5,8-11H2,1-4H3,(H,22,24)/b16-14-. The van der Waals surface area contributed by atoms with Crippen molar-refractivity contribution in [1.29, 1.82) is 5.26 Å². The van der Waals surface area contributed by atoms with Crippen LogP contribution in [-0.2, 0) is 11.2 Å². The highest BCUT2D eigenvalue weighted by Crippen LogP contribution is 2.27. The number of hydrogen-bond acceptors (Lipinski definition) is 6. The number of carbonyl (C=O) groups excluding carboxylic acids is 1. The quantitative estimate of drug-likeness (QED) is 0.352. The maximum Gasteiger partial charge on any atom is 0.263 e. The number of nitrogens with zero attached hydrogens (tertiary/aromatic N) is 2. The number of nitrogens with one attached hydrogen (secondary N) is 2. The fraction of sp³-hybridized carbons (Fsp3) is 0.474. The summed E-state index contributed by atoms with van der Waals surface area (Å²) in [5.41, 5.74) is 1.08. The first kappa shape index (κ1) is 21.3. The van der Waals surface area contributed by atoms with E-state index in [0.717, 1.165) is 18.5 Å². The van der Waals surface area contributed by atoms with Crippen LogP contribution in [0.5, 0.6) is 11.5 Å². The molecule has 0 saturated carbocycles. The van der Waals surface area contributed by atoms with Gasteiger partial charge in [0.2, 0.25) is 0 Å². The van der Waals surface area contributed by atoms with Crippen molar-refractivity contribution < 1.29 is 14.3 Å². The summed E-state index contributed by atoms with van der Waals surface area (Å²) in [5.74, 6) is 0.930. The number of rotatable bonds is 11. The Morgan fingerprint density at radius 1 is 1.23 bits per heavy atom. The third-order valence-corrected chi connectivity index (χ3v) is 3.69. The summed E-state index contributed by atoms with van der Waals surface area (Å²) in [6.07, 6.45) is 3.03. The van der Waals surface area contributed by atoms with Gasteiger partial charge in [-0.25, -0.2) is 0 Å². The molecule has 1 rings (SSSR count). The molecule has 142 valence electrons. The van der Waals surface area contributed by atoms with Crippen LogP contribution in [0.1, 0.15) is 12.0 Å². The summed E-state index contributed by atoms with van der Waals surface area (Å²) < 4.78 is 10.5. The van der Waals surface area contributed by atoms with Gasteiger partial charge in [-0.2, -0.15) is 5.26 Å². The molecule has 0 heterocycles. The zero-order valence-electron chi connectivity index (χ0n) is 16.0. The van der Waals surface area contributed by atoms with Gasteiger partial charge in [-0.3, -0.25) is 4.79 Å². The van der Waals surface area contributed by atoms with Crippen molar-refractivity contribution in [2.24, 2.45) is 0 Å². The molecule has 0 atom stereocenters. The van der Waals surface area contributed by atoms with Gasteiger partial charge < -0.3 is 25.0 Å². The van der Waals surface area contributed by atoms with E-state index in [-0.39, 0.29) is 11.5 Å². The van der Waals surface area contributed by atoms with Gasteiger partial charge in [0.05, 0.1) is 14.2 Å². The number of amides is 1. The topological polar surface area (TPSA) is 86.6 Å². The first-order chi connectivity index (χ1) is 12.5. The highest BCUT2D eigenvalue weighted by atomic mass is 16.5. The summed E-state index contributed by atoms with van der Waals surface area (Å²) in [6.45, 7) is 2.08. The number of methoxy groups -OCH3 is 2. The van der Waals surface area contributed by atoms with E-state index in [1.165, 1.54) is 6.20 Å². The minimum atomic E-state index is -0.381. The van der Waals surface area contributed by atoms with Crippen LogP contribution in [0.25, 0.3) is 0 Å². The average molecular weight is 360 g/mol. The SMILES string of the molecule is COc1ccc(CCNC(=O)/C(C#N)=C\NCCCN(C)C)cc1OC. The van der Waals surface area contributed by atoms with E-state index >= 15 is 0 Å². The Morgan fingerprint density at radius 2 is 1.96 bits per heavy atom. The molecule has 1 aromatic carbocycles. The van der Waals surface area contributed by atoms with Crippen molar-refractivity contribution in [2.45, 2.75) is 12.8 Å². The van der Waals surface area contributed by atoms with Gasteiger partial charge >= 0.3 is 0 Å². The Balaban J connectivity index is 2.45. The second-order valence-electron chi connectivity index (χ2n) is 5.98. The van der Waals surface area contributed by atoms with Crippen molar-refractivity contribution in [3.8, 4) is 17.6 Å². The van der Waals surface area contributed by atoms with E-state index in [4.69, 9.17) is 14.7 Å². The largest absolute Gasteiger partial charge is 0.493 e. The van der Waals surface area contributed by atoms with Crippen LogP contribution < -0.4 is 20.1 Å². The van der Waals surface area contributed by atoms with Crippen LogP contribution in [0, 0.1) is 11.3 Å². The maximum atomic E-state index is 12.1. The first-order valence-corrected chi connectivity index (χ1v) is 8.49. The summed E-state index contributed by atoms with van der Waals surface area (Å²) >= 11 is 0. The first-order valence-electron chi connectivity index (χ1n) is 8.49. The van der Waals surface area contributed by atoms with Gasteiger partial charge in [0.15, 0.2) is 11.5 Å². The third-order valence-electron chi connectivity index (χ3n) is 3.69. The minimum Gasteiger partial charge on any atom is -0.493 e. The molecule has 0 aliphatic heterocycles. The second kappa shape index (κ2) is 11.8. The van der Waals surface area contributed by atoms with Gasteiger partial charge in [-0.15, -0.1) is 0 Å². The number of hydrogen-bond donors (Lipinski definition) is 2. The second-order valence-corrected chi connectivity index (χ2v) is 5.98. The normalized spacial score (nSPS) is 11.0. The number of ether oxygens (including phenoxy) is 2. The van der Waals surface area contributed by atoms with Crippen molar-refractivity contribution >= 4 is 5.91 Å². The van der Waals surface area contributed by atoms with Crippen LogP contribution >= 0.6 is 0 Å². The van der Waals surface area contributed by atoms with Crippen molar-refractivity contribution in [3.63, 3.8) is 0 Å². The molecule has 0 aromatic heterocycles. The molecule has 1 aromatic rings. The van der Waals surface area contributed by atoms with E-state index in [0.29, 0.717) is 31.0 Å². The molecular formula is C19H28N4O3. The molecule has 0 aliphatic rings. The zero-order chi connectivity index (χ0) is 19.4. The van der Waals surface area contributed by atoms with E-state index in [9.17, 15) is 4.79 Å². The summed E-state index contributed by atoms with van der Waals surface area (Å²) in [5, 5.41) is 14.9. The molecule has 0 fully saturated rings. The third kappa shape index (κ3) is 7.45. The highest BCUT2D eigenvalue weighted by Gasteiger charge is 2.09. The molecule has 1 amide bonds. The fourth-order valence-electron chi connectivity index (χ4n) is 2.27. The Morgan fingerprint density at radius 3 is 2.58 bits per heavy atom. The Hall–Kier alpha value is -2.72. The summed E-state index contributed by atoms with van der Waals surface area (Å²) in [4.78, 5) is 14.1. The minimum absolute atomic E-state index is 0.0714. The lowest BCUT2D eigenvalue weighted by Gasteiger charge is -2.10. The molecule has 0 aliphatic carbocycles.